The molecular formula is C16H22N2O3S2. The van der Waals surface area contributed by atoms with E-state index in [0.717, 1.165) is 32.4 Å². The van der Waals surface area contributed by atoms with E-state index in [1.807, 2.05) is 4.90 Å². The monoisotopic (exact) mass is 354 g/mol. The van der Waals surface area contributed by atoms with E-state index in [0.29, 0.717) is 6.54 Å². The van der Waals surface area contributed by atoms with Crippen LogP contribution in [0.5, 0.6) is 0 Å². The van der Waals surface area contributed by atoms with Gasteiger partial charge in [0.2, 0.25) is 5.91 Å². The summed E-state index contributed by atoms with van der Waals surface area (Å²) in [7, 11) is -3.05. The maximum atomic E-state index is 12.7. The van der Waals surface area contributed by atoms with Crippen molar-refractivity contribution >= 4 is 27.1 Å². The Morgan fingerprint density at radius 3 is 2.65 bits per heavy atom. The summed E-state index contributed by atoms with van der Waals surface area (Å²) in [5.74, 6) is 0.660. The number of carbonyl (C=O) groups is 1. The lowest BCUT2D eigenvalue weighted by Gasteiger charge is -2.45. The van der Waals surface area contributed by atoms with E-state index in [9.17, 15) is 13.2 Å². The van der Waals surface area contributed by atoms with E-state index >= 15 is 0 Å². The third kappa shape index (κ3) is 2.94. The fraction of sp³-hybridized carbons (Fsp3) is 0.688. The molecule has 0 aromatic carbocycles. The predicted molar refractivity (Wildman–Crippen MR) is 90.0 cm³/mol. The first-order chi connectivity index (χ1) is 11.0. The molecule has 0 spiro atoms. The molecule has 5 nitrogen and oxygen atoms in total. The Balaban J connectivity index is 1.55. The number of rotatable bonds is 3. The highest BCUT2D eigenvalue weighted by Gasteiger charge is 2.49. The smallest absolute Gasteiger partial charge is 0.226 e. The van der Waals surface area contributed by atoms with E-state index in [-0.39, 0.29) is 35.4 Å². The Hall–Kier alpha value is -0.920. The highest BCUT2D eigenvalue weighted by atomic mass is 32.2. The number of thiophene rings is 1. The molecule has 3 fully saturated rings. The second-order valence-corrected chi connectivity index (χ2v) is 9.91. The highest BCUT2D eigenvalue weighted by molar-refractivity contribution is 7.91. The van der Waals surface area contributed by atoms with Crippen LogP contribution >= 0.6 is 11.3 Å². The molecule has 126 valence electrons. The van der Waals surface area contributed by atoms with Gasteiger partial charge in [-0.2, -0.15) is 11.3 Å². The minimum atomic E-state index is -3.05. The lowest BCUT2D eigenvalue weighted by Crippen LogP contribution is -2.61. The van der Waals surface area contributed by atoms with E-state index in [1.54, 1.807) is 11.3 Å². The van der Waals surface area contributed by atoms with Gasteiger partial charge in [-0.05, 0) is 35.2 Å². The Labute approximate surface area is 141 Å². The van der Waals surface area contributed by atoms with Crippen LogP contribution in [0, 0.1) is 5.92 Å². The zero-order chi connectivity index (χ0) is 16.0. The summed E-state index contributed by atoms with van der Waals surface area (Å²) in [5, 5.41) is 4.17. The summed E-state index contributed by atoms with van der Waals surface area (Å²) in [4.78, 5) is 16.8. The first-order valence-corrected chi connectivity index (χ1v) is 11.1. The zero-order valence-electron chi connectivity index (χ0n) is 13.1. The molecule has 1 aromatic heterocycles. The van der Waals surface area contributed by atoms with Crippen LogP contribution in [0.3, 0.4) is 0 Å². The van der Waals surface area contributed by atoms with Crippen LogP contribution in [0.1, 0.15) is 24.8 Å². The molecule has 7 heteroatoms. The van der Waals surface area contributed by atoms with E-state index < -0.39 is 9.84 Å². The molecule has 2 saturated heterocycles. The number of amides is 1. The molecule has 0 bridgehead atoms. The van der Waals surface area contributed by atoms with Crippen LogP contribution < -0.4 is 0 Å². The largest absolute Gasteiger partial charge is 0.336 e. The van der Waals surface area contributed by atoms with Crippen molar-refractivity contribution in [2.75, 3.05) is 24.6 Å². The SMILES string of the molecule is O=C(C1CCC1)N1CCN(Cc2ccsc2)[C@H]2CS(=O)(=O)C[C@H]21. The maximum absolute atomic E-state index is 12.7. The molecule has 2 aliphatic heterocycles. The molecular weight excluding hydrogens is 332 g/mol. The number of carbonyl (C=O) groups excluding carboxylic acids is 1. The van der Waals surface area contributed by atoms with E-state index in [2.05, 4.69) is 21.7 Å². The highest BCUT2D eigenvalue weighted by Crippen LogP contribution is 2.34. The molecule has 1 saturated carbocycles. The second-order valence-electron chi connectivity index (χ2n) is 6.97. The Kier molecular flexibility index (Phi) is 3.98. The first kappa shape index (κ1) is 15.6. The van der Waals surface area contributed by atoms with Crippen molar-refractivity contribution < 1.29 is 13.2 Å². The molecule has 0 radical (unpaired) electrons. The predicted octanol–water partition coefficient (Wildman–Crippen LogP) is 1.36. The number of nitrogens with zero attached hydrogens (tertiary/aromatic N) is 2. The summed E-state index contributed by atoms with van der Waals surface area (Å²) in [6, 6.07) is 1.90. The van der Waals surface area contributed by atoms with Gasteiger partial charge in [-0.25, -0.2) is 8.42 Å². The maximum Gasteiger partial charge on any atom is 0.226 e. The number of hydrogen-bond acceptors (Lipinski definition) is 5. The number of sulfone groups is 1. The lowest BCUT2D eigenvalue weighted by molar-refractivity contribution is -0.144. The second kappa shape index (κ2) is 5.86. The van der Waals surface area contributed by atoms with Crippen molar-refractivity contribution in [2.24, 2.45) is 5.92 Å². The van der Waals surface area contributed by atoms with E-state index in [4.69, 9.17) is 0 Å². The molecule has 1 aromatic rings. The van der Waals surface area contributed by atoms with Crippen LogP contribution in [0.15, 0.2) is 16.8 Å². The molecule has 3 aliphatic rings. The number of piperazine rings is 1. The van der Waals surface area contributed by atoms with Gasteiger partial charge in [0.05, 0.1) is 17.5 Å². The molecule has 2 atom stereocenters. The summed E-state index contributed by atoms with van der Waals surface area (Å²) in [6.45, 7) is 2.22. The van der Waals surface area contributed by atoms with Crippen LogP contribution in [0.25, 0.3) is 0 Å². The van der Waals surface area contributed by atoms with Crippen molar-refractivity contribution in [1.29, 1.82) is 0 Å². The van der Waals surface area contributed by atoms with Gasteiger partial charge in [0.25, 0.3) is 0 Å². The number of fused-ring (bicyclic) bond motifs is 1. The van der Waals surface area contributed by atoms with Crippen molar-refractivity contribution in [3.8, 4) is 0 Å². The topological polar surface area (TPSA) is 57.7 Å². The van der Waals surface area contributed by atoms with E-state index in [1.165, 1.54) is 5.56 Å². The van der Waals surface area contributed by atoms with Crippen molar-refractivity contribution in [1.82, 2.24) is 9.80 Å². The van der Waals surface area contributed by atoms with Crippen LogP contribution in [-0.2, 0) is 21.2 Å². The Bertz CT molecular complexity index is 682. The van der Waals surface area contributed by atoms with Gasteiger partial charge in [0.1, 0.15) is 0 Å². The summed E-state index contributed by atoms with van der Waals surface area (Å²) < 4.78 is 24.4. The van der Waals surface area contributed by atoms with Crippen molar-refractivity contribution in [2.45, 2.75) is 37.9 Å². The fourth-order valence-corrected chi connectivity index (χ4v) is 6.67. The molecule has 0 N–H and O–H groups in total. The van der Waals surface area contributed by atoms with Crippen molar-refractivity contribution in [3.05, 3.63) is 22.4 Å². The van der Waals surface area contributed by atoms with Crippen LogP contribution in [0.2, 0.25) is 0 Å². The third-order valence-electron chi connectivity index (χ3n) is 5.49. The number of hydrogen-bond donors (Lipinski definition) is 0. The first-order valence-electron chi connectivity index (χ1n) is 8.29. The van der Waals surface area contributed by atoms with Gasteiger partial charge in [-0.15, -0.1) is 0 Å². The standard InChI is InChI=1S/C16H22N2O3S2/c19-16(13-2-1-3-13)18-6-5-17(8-12-4-7-22-9-12)14-10-23(20,21)11-15(14)18/h4,7,9,13-15H,1-3,5-6,8,10-11H2/t14-,15+/m0/s1. The van der Waals surface area contributed by atoms with Gasteiger partial charge in [-0.1, -0.05) is 6.42 Å². The summed E-state index contributed by atoms with van der Waals surface area (Å²) in [5.41, 5.74) is 1.23. The molecule has 0 unspecified atom stereocenters. The minimum absolute atomic E-state index is 0.0438. The normalized spacial score (nSPS) is 30.9. The average Bonchev–Trinajstić information content (AvgIpc) is 3.03. The molecule has 1 amide bonds. The van der Waals surface area contributed by atoms with Gasteiger partial charge >= 0.3 is 0 Å². The van der Waals surface area contributed by atoms with Gasteiger partial charge in [-0.3, -0.25) is 9.69 Å². The van der Waals surface area contributed by atoms with Gasteiger partial charge in [0.15, 0.2) is 9.84 Å². The zero-order valence-corrected chi connectivity index (χ0v) is 14.7. The average molecular weight is 354 g/mol. The minimum Gasteiger partial charge on any atom is -0.336 e. The van der Waals surface area contributed by atoms with Gasteiger partial charge < -0.3 is 4.90 Å². The third-order valence-corrected chi connectivity index (χ3v) is 7.93. The van der Waals surface area contributed by atoms with Crippen LogP contribution in [-0.4, -0.2) is 60.8 Å². The molecule has 1 aliphatic carbocycles. The Morgan fingerprint density at radius 1 is 1.22 bits per heavy atom. The Morgan fingerprint density at radius 2 is 2.00 bits per heavy atom. The lowest BCUT2D eigenvalue weighted by atomic mass is 9.83. The molecule has 3 heterocycles. The van der Waals surface area contributed by atoms with Crippen molar-refractivity contribution in [3.63, 3.8) is 0 Å². The molecule has 4 rings (SSSR count). The quantitative estimate of drug-likeness (QED) is 0.822. The van der Waals surface area contributed by atoms with Crippen LogP contribution in [0.4, 0.5) is 0 Å². The summed E-state index contributed by atoms with van der Waals surface area (Å²) in [6.07, 6.45) is 3.07. The van der Waals surface area contributed by atoms with Gasteiger partial charge in [0, 0.05) is 31.6 Å². The summed E-state index contributed by atoms with van der Waals surface area (Å²) >= 11 is 1.66. The molecule has 23 heavy (non-hydrogen) atoms. The fourth-order valence-electron chi connectivity index (χ4n) is 4.00.